The standard InChI is InChI=1S/C10H20O2/c1-2-10(9-12)7-5-3-4-6-8-11/h9-11H,2-8H2,1H3. The number of rotatable bonds is 8. The van der Waals surface area contributed by atoms with Crippen LogP contribution in [0.4, 0.5) is 0 Å². The molecule has 0 saturated carbocycles. The summed E-state index contributed by atoms with van der Waals surface area (Å²) >= 11 is 0. The maximum Gasteiger partial charge on any atom is 0.123 e. The minimum Gasteiger partial charge on any atom is -0.396 e. The van der Waals surface area contributed by atoms with Gasteiger partial charge in [-0.05, 0) is 19.3 Å². The second-order valence-corrected chi connectivity index (χ2v) is 3.23. The third-order valence-corrected chi connectivity index (χ3v) is 2.20. The summed E-state index contributed by atoms with van der Waals surface area (Å²) in [7, 11) is 0. The van der Waals surface area contributed by atoms with Gasteiger partial charge in [0.2, 0.25) is 0 Å². The lowest BCUT2D eigenvalue weighted by atomic mass is 10.00. The molecule has 0 rings (SSSR count). The number of aliphatic hydroxyl groups is 1. The number of aldehydes is 1. The molecule has 1 unspecified atom stereocenters. The van der Waals surface area contributed by atoms with E-state index in [1.54, 1.807) is 0 Å². The Morgan fingerprint density at radius 3 is 2.42 bits per heavy atom. The Bertz CT molecular complexity index is 102. The van der Waals surface area contributed by atoms with Crippen LogP contribution in [0, 0.1) is 5.92 Å². The first-order valence-electron chi connectivity index (χ1n) is 4.91. The maximum absolute atomic E-state index is 10.4. The van der Waals surface area contributed by atoms with E-state index in [1.807, 2.05) is 6.92 Å². The number of carbonyl (C=O) groups excluding carboxylic acids is 1. The summed E-state index contributed by atoms with van der Waals surface area (Å²) in [6.07, 6.45) is 7.30. The zero-order chi connectivity index (χ0) is 9.23. The van der Waals surface area contributed by atoms with Crippen molar-refractivity contribution in [3.8, 4) is 0 Å². The third-order valence-electron chi connectivity index (χ3n) is 2.20. The van der Waals surface area contributed by atoms with Crippen molar-refractivity contribution in [2.75, 3.05) is 6.61 Å². The molecule has 0 aromatic carbocycles. The molecule has 0 aliphatic carbocycles. The summed E-state index contributed by atoms with van der Waals surface area (Å²) in [5, 5.41) is 8.51. The summed E-state index contributed by atoms with van der Waals surface area (Å²) in [6.45, 7) is 2.34. The highest BCUT2D eigenvalue weighted by Crippen LogP contribution is 2.11. The Kier molecular flexibility index (Phi) is 8.46. The number of unbranched alkanes of at least 4 members (excludes halogenated alkanes) is 3. The molecule has 0 amide bonds. The lowest BCUT2D eigenvalue weighted by Crippen LogP contribution is -1.99. The minimum atomic E-state index is 0.263. The quantitative estimate of drug-likeness (QED) is 0.450. The normalized spacial score (nSPS) is 12.8. The highest BCUT2D eigenvalue weighted by Gasteiger charge is 2.02. The number of hydrogen-bond donors (Lipinski definition) is 1. The highest BCUT2D eigenvalue weighted by molar-refractivity contribution is 5.53. The van der Waals surface area contributed by atoms with Crippen molar-refractivity contribution in [2.45, 2.75) is 45.4 Å². The van der Waals surface area contributed by atoms with Gasteiger partial charge < -0.3 is 9.90 Å². The van der Waals surface area contributed by atoms with Gasteiger partial charge in [-0.15, -0.1) is 0 Å². The van der Waals surface area contributed by atoms with E-state index < -0.39 is 0 Å². The van der Waals surface area contributed by atoms with Crippen LogP contribution in [0.15, 0.2) is 0 Å². The first-order chi connectivity index (χ1) is 5.85. The molecule has 2 heteroatoms. The van der Waals surface area contributed by atoms with E-state index in [0.29, 0.717) is 6.61 Å². The van der Waals surface area contributed by atoms with Crippen LogP contribution in [0.2, 0.25) is 0 Å². The van der Waals surface area contributed by atoms with Gasteiger partial charge in [-0.2, -0.15) is 0 Å². The SMILES string of the molecule is CCC(C=O)CCCCCCO. The summed E-state index contributed by atoms with van der Waals surface area (Å²) in [6, 6.07) is 0. The Labute approximate surface area is 75.0 Å². The Morgan fingerprint density at radius 1 is 1.25 bits per heavy atom. The summed E-state index contributed by atoms with van der Waals surface area (Å²) in [4.78, 5) is 10.4. The average molecular weight is 172 g/mol. The monoisotopic (exact) mass is 172 g/mol. The van der Waals surface area contributed by atoms with Gasteiger partial charge >= 0.3 is 0 Å². The van der Waals surface area contributed by atoms with Gasteiger partial charge in [-0.3, -0.25) is 0 Å². The zero-order valence-electron chi connectivity index (χ0n) is 7.96. The molecule has 72 valence electrons. The van der Waals surface area contributed by atoms with Crippen molar-refractivity contribution in [1.82, 2.24) is 0 Å². The van der Waals surface area contributed by atoms with Crippen LogP contribution < -0.4 is 0 Å². The largest absolute Gasteiger partial charge is 0.396 e. The van der Waals surface area contributed by atoms with Crippen molar-refractivity contribution in [1.29, 1.82) is 0 Å². The summed E-state index contributed by atoms with van der Waals surface area (Å²) in [5.74, 6) is 0.263. The molecule has 0 spiro atoms. The molecule has 12 heavy (non-hydrogen) atoms. The van der Waals surface area contributed by atoms with Gasteiger partial charge in [0.25, 0.3) is 0 Å². The van der Waals surface area contributed by atoms with Crippen LogP contribution in [0.25, 0.3) is 0 Å². The number of aliphatic hydroxyl groups excluding tert-OH is 1. The van der Waals surface area contributed by atoms with Gasteiger partial charge in [0.05, 0.1) is 0 Å². The predicted molar refractivity (Wildman–Crippen MR) is 50.0 cm³/mol. The van der Waals surface area contributed by atoms with E-state index in [2.05, 4.69) is 0 Å². The molecule has 0 aromatic rings. The fourth-order valence-electron chi connectivity index (χ4n) is 1.24. The van der Waals surface area contributed by atoms with Gasteiger partial charge in [0.1, 0.15) is 6.29 Å². The molecule has 0 aromatic heterocycles. The van der Waals surface area contributed by atoms with E-state index in [0.717, 1.165) is 44.8 Å². The second kappa shape index (κ2) is 8.72. The molecule has 0 fully saturated rings. The Morgan fingerprint density at radius 2 is 1.92 bits per heavy atom. The molecule has 1 N–H and O–H groups in total. The van der Waals surface area contributed by atoms with Crippen LogP contribution in [0.3, 0.4) is 0 Å². The van der Waals surface area contributed by atoms with E-state index in [9.17, 15) is 4.79 Å². The third kappa shape index (κ3) is 6.35. The minimum absolute atomic E-state index is 0.263. The molecule has 0 bridgehead atoms. The van der Waals surface area contributed by atoms with Crippen molar-refractivity contribution in [3.05, 3.63) is 0 Å². The predicted octanol–water partition coefficient (Wildman–Crippen LogP) is 2.15. The van der Waals surface area contributed by atoms with Gasteiger partial charge in [0.15, 0.2) is 0 Å². The Hall–Kier alpha value is -0.370. The average Bonchev–Trinajstić information content (AvgIpc) is 2.11. The first-order valence-corrected chi connectivity index (χ1v) is 4.91. The van der Waals surface area contributed by atoms with E-state index >= 15 is 0 Å². The van der Waals surface area contributed by atoms with Crippen molar-refractivity contribution in [2.24, 2.45) is 5.92 Å². The zero-order valence-corrected chi connectivity index (χ0v) is 7.96. The van der Waals surface area contributed by atoms with Gasteiger partial charge in [-0.1, -0.05) is 26.2 Å². The topological polar surface area (TPSA) is 37.3 Å². The van der Waals surface area contributed by atoms with E-state index in [-0.39, 0.29) is 5.92 Å². The van der Waals surface area contributed by atoms with Gasteiger partial charge in [-0.25, -0.2) is 0 Å². The number of hydrogen-bond acceptors (Lipinski definition) is 2. The fourth-order valence-corrected chi connectivity index (χ4v) is 1.24. The van der Waals surface area contributed by atoms with E-state index in [4.69, 9.17) is 5.11 Å². The van der Waals surface area contributed by atoms with Crippen molar-refractivity contribution < 1.29 is 9.90 Å². The summed E-state index contributed by atoms with van der Waals surface area (Å²) in [5.41, 5.74) is 0. The molecular formula is C10H20O2. The fraction of sp³-hybridized carbons (Fsp3) is 0.900. The van der Waals surface area contributed by atoms with Crippen LogP contribution in [-0.4, -0.2) is 18.0 Å². The molecule has 2 nitrogen and oxygen atoms in total. The van der Waals surface area contributed by atoms with E-state index in [1.165, 1.54) is 0 Å². The van der Waals surface area contributed by atoms with Crippen molar-refractivity contribution >= 4 is 6.29 Å². The lowest BCUT2D eigenvalue weighted by Gasteiger charge is -2.05. The lowest BCUT2D eigenvalue weighted by molar-refractivity contribution is -0.111. The molecule has 0 aliphatic heterocycles. The maximum atomic E-state index is 10.4. The van der Waals surface area contributed by atoms with Crippen LogP contribution in [0.1, 0.15) is 45.4 Å². The molecule has 0 aliphatic rings. The molecule has 0 radical (unpaired) electrons. The summed E-state index contributed by atoms with van der Waals surface area (Å²) < 4.78 is 0. The van der Waals surface area contributed by atoms with Crippen LogP contribution >= 0.6 is 0 Å². The van der Waals surface area contributed by atoms with Gasteiger partial charge in [0, 0.05) is 12.5 Å². The smallest absolute Gasteiger partial charge is 0.123 e. The Balaban J connectivity index is 3.12. The number of carbonyl (C=O) groups is 1. The molecule has 1 atom stereocenters. The van der Waals surface area contributed by atoms with Crippen molar-refractivity contribution in [3.63, 3.8) is 0 Å². The molecule has 0 saturated heterocycles. The molecule has 0 heterocycles. The van der Waals surface area contributed by atoms with Crippen LogP contribution in [0.5, 0.6) is 0 Å². The van der Waals surface area contributed by atoms with Crippen LogP contribution in [-0.2, 0) is 4.79 Å². The molecular weight excluding hydrogens is 152 g/mol. The first kappa shape index (κ1) is 11.6. The second-order valence-electron chi connectivity index (χ2n) is 3.23. The highest BCUT2D eigenvalue weighted by atomic mass is 16.2.